The number of benzene rings is 1. The molecule has 1 unspecified atom stereocenters. The predicted octanol–water partition coefficient (Wildman–Crippen LogP) is 1.90. The van der Waals surface area contributed by atoms with Crippen LogP contribution < -0.4 is 10.6 Å². The van der Waals surface area contributed by atoms with Crippen LogP contribution in [0.25, 0.3) is 0 Å². The first-order chi connectivity index (χ1) is 8.46. The second-order valence-corrected chi connectivity index (χ2v) is 4.90. The molecule has 0 bridgehead atoms. The monoisotopic (exact) mass is 248 g/mol. The summed E-state index contributed by atoms with van der Waals surface area (Å²) in [6.07, 6.45) is 0.480. The van der Waals surface area contributed by atoms with Gasteiger partial charge >= 0.3 is 12.0 Å². The van der Waals surface area contributed by atoms with Crippen LogP contribution in [0.15, 0.2) is 30.3 Å². The standard InChI is InChI=1S/C13H16N2O3/c1-13(2)8-10(11(16)18-13)15-12(17)14-9-6-4-3-5-7-9/h3-7,10H,8H2,1-2H3,(H2,14,15,17). The lowest BCUT2D eigenvalue weighted by Crippen LogP contribution is -2.40. The Labute approximate surface area is 106 Å². The summed E-state index contributed by atoms with van der Waals surface area (Å²) < 4.78 is 5.13. The van der Waals surface area contributed by atoms with Crippen LogP contribution in [-0.4, -0.2) is 23.6 Å². The van der Waals surface area contributed by atoms with Crippen molar-refractivity contribution >= 4 is 17.7 Å². The van der Waals surface area contributed by atoms with Crippen LogP contribution in [0.2, 0.25) is 0 Å². The fourth-order valence-electron chi connectivity index (χ4n) is 1.92. The van der Waals surface area contributed by atoms with E-state index in [-0.39, 0.29) is 5.97 Å². The molecule has 1 aromatic carbocycles. The number of hydrogen-bond acceptors (Lipinski definition) is 3. The number of esters is 1. The van der Waals surface area contributed by atoms with E-state index in [2.05, 4.69) is 10.6 Å². The van der Waals surface area contributed by atoms with E-state index < -0.39 is 17.7 Å². The van der Waals surface area contributed by atoms with Gasteiger partial charge in [-0.1, -0.05) is 18.2 Å². The molecule has 0 aliphatic carbocycles. The number of amides is 2. The topological polar surface area (TPSA) is 67.4 Å². The molecule has 5 nitrogen and oxygen atoms in total. The van der Waals surface area contributed by atoms with Crippen molar-refractivity contribution in [1.82, 2.24) is 5.32 Å². The highest BCUT2D eigenvalue weighted by Gasteiger charge is 2.40. The van der Waals surface area contributed by atoms with Gasteiger partial charge in [0, 0.05) is 12.1 Å². The molecule has 0 radical (unpaired) electrons. The van der Waals surface area contributed by atoms with Gasteiger partial charge in [0.05, 0.1) is 0 Å². The summed E-state index contributed by atoms with van der Waals surface area (Å²) in [6.45, 7) is 3.64. The van der Waals surface area contributed by atoms with Crippen LogP contribution in [0.4, 0.5) is 10.5 Å². The van der Waals surface area contributed by atoms with Crippen LogP contribution in [0.1, 0.15) is 20.3 Å². The van der Waals surface area contributed by atoms with E-state index in [0.717, 1.165) is 0 Å². The van der Waals surface area contributed by atoms with Crippen molar-refractivity contribution in [2.75, 3.05) is 5.32 Å². The largest absolute Gasteiger partial charge is 0.458 e. The molecule has 0 spiro atoms. The number of para-hydroxylation sites is 1. The first kappa shape index (κ1) is 12.4. The Morgan fingerprint density at radius 1 is 1.33 bits per heavy atom. The minimum atomic E-state index is -0.580. The number of ether oxygens (including phenoxy) is 1. The normalized spacial score (nSPS) is 21.2. The number of anilines is 1. The zero-order valence-electron chi connectivity index (χ0n) is 10.4. The Morgan fingerprint density at radius 3 is 2.56 bits per heavy atom. The second-order valence-electron chi connectivity index (χ2n) is 4.90. The molecule has 5 heteroatoms. The fraction of sp³-hybridized carbons (Fsp3) is 0.385. The summed E-state index contributed by atoms with van der Waals surface area (Å²) in [5, 5.41) is 5.27. The number of carbonyl (C=O) groups excluding carboxylic acids is 2. The van der Waals surface area contributed by atoms with Gasteiger partial charge in [-0.3, -0.25) is 0 Å². The van der Waals surface area contributed by atoms with E-state index in [4.69, 9.17) is 4.74 Å². The highest BCUT2D eigenvalue weighted by atomic mass is 16.6. The van der Waals surface area contributed by atoms with Gasteiger partial charge < -0.3 is 15.4 Å². The fourth-order valence-corrected chi connectivity index (χ4v) is 1.92. The van der Waals surface area contributed by atoms with Gasteiger partial charge in [-0.05, 0) is 26.0 Å². The molecule has 0 saturated carbocycles. The molecule has 1 fully saturated rings. The Hall–Kier alpha value is -2.04. The van der Waals surface area contributed by atoms with Gasteiger partial charge in [0.15, 0.2) is 0 Å². The first-order valence-corrected chi connectivity index (χ1v) is 5.82. The van der Waals surface area contributed by atoms with Crippen LogP contribution in [0.3, 0.4) is 0 Å². The number of urea groups is 1. The van der Waals surface area contributed by atoms with Crippen LogP contribution in [-0.2, 0) is 9.53 Å². The highest BCUT2D eigenvalue weighted by molar-refractivity contribution is 5.93. The molecule has 2 N–H and O–H groups in total. The Kier molecular flexibility index (Phi) is 3.23. The zero-order chi connectivity index (χ0) is 13.2. The van der Waals surface area contributed by atoms with Gasteiger partial charge in [0.25, 0.3) is 0 Å². The molecule has 1 heterocycles. The third-order valence-electron chi connectivity index (χ3n) is 2.69. The lowest BCUT2D eigenvalue weighted by molar-refractivity contribution is -0.147. The SMILES string of the molecule is CC1(C)CC(NC(=O)Nc2ccccc2)C(=O)O1. The zero-order valence-corrected chi connectivity index (χ0v) is 10.4. The molecule has 2 amide bonds. The van der Waals surface area contributed by atoms with E-state index in [1.165, 1.54) is 0 Å². The third kappa shape index (κ3) is 3.00. The van der Waals surface area contributed by atoms with Gasteiger partial charge in [0.1, 0.15) is 11.6 Å². The molecule has 1 saturated heterocycles. The molecule has 1 aliphatic heterocycles. The van der Waals surface area contributed by atoms with E-state index in [9.17, 15) is 9.59 Å². The molecule has 1 atom stereocenters. The Bertz CT molecular complexity index is 457. The lowest BCUT2D eigenvalue weighted by Gasteiger charge is -2.14. The quantitative estimate of drug-likeness (QED) is 0.785. The maximum absolute atomic E-state index is 11.7. The summed E-state index contributed by atoms with van der Waals surface area (Å²) in [6, 6.07) is 8.07. The molecule has 0 aromatic heterocycles. The van der Waals surface area contributed by atoms with Crippen molar-refractivity contribution in [3.8, 4) is 0 Å². The van der Waals surface area contributed by atoms with Crippen molar-refractivity contribution in [1.29, 1.82) is 0 Å². The van der Waals surface area contributed by atoms with E-state index in [1.54, 1.807) is 12.1 Å². The summed E-state index contributed by atoms with van der Waals surface area (Å²) in [5.41, 5.74) is 0.169. The second kappa shape index (κ2) is 4.68. The minimum Gasteiger partial charge on any atom is -0.458 e. The molecule has 1 aromatic rings. The van der Waals surface area contributed by atoms with Gasteiger partial charge in [-0.25, -0.2) is 9.59 Å². The van der Waals surface area contributed by atoms with Crippen LogP contribution in [0, 0.1) is 0 Å². The summed E-state index contributed by atoms with van der Waals surface area (Å²) in [4.78, 5) is 23.2. The summed E-state index contributed by atoms with van der Waals surface area (Å²) in [5.74, 6) is -0.386. The van der Waals surface area contributed by atoms with Crippen molar-refractivity contribution in [3.63, 3.8) is 0 Å². The average molecular weight is 248 g/mol. The third-order valence-corrected chi connectivity index (χ3v) is 2.69. The molecular weight excluding hydrogens is 232 g/mol. The number of carbonyl (C=O) groups is 2. The maximum atomic E-state index is 11.7. The maximum Gasteiger partial charge on any atom is 0.329 e. The smallest absolute Gasteiger partial charge is 0.329 e. The number of hydrogen-bond donors (Lipinski definition) is 2. The van der Waals surface area contributed by atoms with Crippen LogP contribution in [0.5, 0.6) is 0 Å². The molecule has 96 valence electrons. The Morgan fingerprint density at radius 2 is 2.00 bits per heavy atom. The minimum absolute atomic E-state index is 0.386. The molecular formula is C13H16N2O3. The number of rotatable bonds is 2. The summed E-state index contributed by atoms with van der Waals surface area (Å²) in [7, 11) is 0. The number of nitrogens with one attached hydrogen (secondary N) is 2. The molecule has 18 heavy (non-hydrogen) atoms. The lowest BCUT2D eigenvalue weighted by atomic mass is 10.0. The van der Waals surface area contributed by atoms with Crippen molar-refractivity contribution in [2.24, 2.45) is 0 Å². The predicted molar refractivity (Wildman–Crippen MR) is 67.2 cm³/mol. The van der Waals surface area contributed by atoms with Gasteiger partial charge in [0.2, 0.25) is 0 Å². The van der Waals surface area contributed by atoms with Crippen molar-refractivity contribution in [3.05, 3.63) is 30.3 Å². The number of cyclic esters (lactones) is 1. The molecule has 1 aliphatic rings. The van der Waals surface area contributed by atoms with Gasteiger partial charge in [-0.15, -0.1) is 0 Å². The average Bonchev–Trinajstić information content (AvgIpc) is 2.53. The first-order valence-electron chi connectivity index (χ1n) is 5.82. The van der Waals surface area contributed by atoms with Crippen molar-refractivity contribution < 1.29 is 14.3 Å². The van der Waals surface area contributed by atoms with E-state index >= 15 is 0 Å². The van der Waals surface area contributed by atoms with E-state index in [1.807, 2.05) is 32.0 Å². The molecule has 2 rings (SSSR count). The van der Waals surface area contributed by atoms with Crippen molar-refractivity contribution in [2.45, 2.75) is 31.9 Å². The van der Waals surface area contributed by atoms with E-state index in [0.29, 0.717) is 12.1 Å². The van der Waals surface area contributed by atoms with Gasteiger partial charge in [-0.2, -0.15) is 0 Å². The highest BCUT2D eigenvalue weighted by Crippen LogP contribution is 2.25. The summed E-state index contributed by atoms with van der Waals surface area (Å²) >= 11 is 0. The van der Waals surface area contributed by atoms with Crippen LogP contribution >= 0.6 is 0 Å². The Balaban J connectivity index is 1.91.